The van der Waals surface area contributed by atoms with Crippen LogP contribution in [0.2, 0.25) is 5.02 Å². The molecule has 31 heavy (non-hydrogen) atoms. The van der Waals surface area contributed by atoms with Crippen LogP contribution in [0, 0.1) is 6.92 Å². The third-order valence-corrected chi connectivity index (χ3v) is 9.13. The van der Waals surface area contributed by atoms with Crippen molar-refractivity contribution >= 4 is 37.2 Å². The molecule has 2 aromatic carbocycles. The summed E-state index contributed by atoms with van der Waals surface area (Å²) in [6.45, 7) is 1.74. The molecule has 0 unspecified atom stereocenters. The topological polar surface area (TPSA) is 97.4 Å². The first-order chi connectivity index (χ1) is 14.3. The van der Waals surface area contributed by atoms with E-state index in [1.54, 1.807) is 19.1 Å². The number of hydrogen-bond acceptors (Lipinski definition) is 5. The Morgan fingerprint density at radius 1 is 1.06 bits per heavy atom. The lowest BCUT2D eigenvalue weighted by atomic mass is 9.93. The number of rotatable bonds is 5. The van der Waals surface area contributed by atoms with E-state index in [0.29, 0.717) is 0 Å². The molecule has 0 aliphatic heterocycles. The van der Waals surface area contributed by atoms with Gasteiger partial charge in [-0.2, -0.15) is 0 Å². The van der Waals surface area contributed by atoms with Gasteiger partial charge in [-0.05, 0) is 68.5 Å². The maximum absolute atomic E-state index is 15.4. The molecular formula is C21H23ClFNO5S2. The highest BCUT2D eigenvalue weighted by molar-refractivity contribution is 7.92. The Bertz CT molecular complexity index is 1220. The molecule has 0 bridgehead atoms. The molecule has 2 aromatic rings. The van der Waals surface area contributed by atoms with Crippen LogP contribution in [0.3, 0.4) is 0 Å². The molecule has 6 nitrogen and oxygen atoms in total. The van der Waals surface area contributed by atoms with Crippen LogP contribution in [-0.4, -0.2) is 40.0 Å². The summed E-state index contributed by atoms with van der Waals surface area (Å²) in [6.07, 6.45) is 0.844. The first-order valence-corrected chi connectivity index (χ1v) is 13.4. The molecule has 1 fully saturated rings. The van der Waals surface area contributed by atoms with Gasteiger partial charge in [0.05, 0.1) is 20.4 Å². The maximum atomic E-state index is 15.4. The fourth-order valence-electron chi connectivity index (χ4n) is 3.63. The highest BCUT2D eigenvalue weighted by atomic mass is 35.5. The zero-order valence-corrected chi connectivity index (χ0v) is 19.4. The van der Waals surface area contributed by atoms with Crippen molar-refractivity contribution in [1.29, 1.82) is 0 Å². The van der Waals surface area contributed by atoms with Gasteiger partial charge in [0.2, 0.25) is 14.8 Å². The predicted molar refractivity (Wildman–Crippen MR) is 116 cm³/mol. The Morgan fingerprint density at radius 2 is 1.71 bits per heavy atom. The zero-order chi connectivity index (χ0) is 23.0. The first-order valence-electron chi connectivity index (χ1n) is 9.64. The van der Waals surface area contributed by atoms with E-state index in [4.69, 9.17) is 11.6 Å². The van der Waals surface area contributed by atoms with Gasteiger partial charge in [0.1, 0.15) is 0 Å². The van der Waals surface area contributed by atoms with Crippen LogP contribution in [0.1, 0.15) is 41.6 Å². The molecule has 168 valence electrons. The zero-order valence-electron chi connectivity index (χ0n) is 17.1. The van der Waals surface area contributed by atoms with Crippen LogP contribution in [-0.2, 0) is 19.7 Å². The van der Waals surface area contributed by atoms with Crippen LogP contribution in [0.4, 0.5) is 4.39 Å². The Balaban J connectivity index is 1.69. The number of amides is 1. The second-order valence-corrected chi connectivity index (χ2v) is 12.5. The average Bonchev–Trinajstić information content (AvgIpc) is 2.69. The fourth-order valence-corrected chi connectivity index (χ4v) is 6.40. The van der Waals surface area contributed by atoms with Crippen molar-refractivity contribution in [1.82, 2.24) is 5.32 Å². The lowest BCUT2D eigenvalue weighted by Crippen LogP contribution is -2.45. The molecule has 1 N–H and O–H groups in total. The van der Waals surface area contributed by atoms with E-state index >= 15 is 4.39 Å². The molecule has 0 saturated heterocycles. The predicted octanol–water partition coefficient (Wildman–Crippen LogP) is 3.86. The van der Waals surface area contributed by atoms with Crippen molar-refractivity contribution in [3.05, 3.63) is 58.6 Å². The summed E-state index contributed by atoms with van der Waals surface area (Å²) < 4.78 is 64.3. The van der Waals surface area contributed by atoms with Crippen LogP contribution in [0.15, 0.2) is 52.3 Å². The molecule has 1 saturated carbocycles. The summed E-state index contributed by atoms with van der Waals surface area (Å²) in [6, 6.07) is 9.55. The minimum atomic E-state index is -4.17. The van der Waals surface area contributed by atoms with E-state index < -0.39 is 36.6 Å². The molecule has 10 heteroatoms. The highest BCUT2D eigenvalue weighted by Crippen LogP contribution is 2.40. The summed E-state index contributed by atoms with van der Waals surface area (Å²) in [4.78, 5) is 12.5. The number of aryl methyl sites for hydroxylation is 1. The number of halogens is 2. The molecule has 0 radical (unpaired) electrons. The first kappa shape index (κ1) is 23.7. The normalized spacial score (nSPS) is 22.1. The maximum Gasteiger partial charge on any atom is 0.253 e. The molecule has 0 heterocycles. The van der Waals surface area contributed by atoms with Gasteiger partial charge >= 0.3 is 0 Å². The summed E-state index contributed by atoms with van der Waals surface area (Å²) >= 11 is 6.07. The fraction of sp³-hybridized carbons (Fsp3) is 0.381. The Kier molecular flexibility index (Phi) is 6.51. The lowest BCUT2D eigenvalue weighted by Gasteiger charge is -2.34. The van der Waals surface area contributed by atoms with Gasteiger partial charge in [0.25, 0.3) is 5.91 Å². The van der Waals surface area contributed by atoms with E-state index in [0.717, 1.165) is 11.8 Å². The van der Waals surface area contributed by atoms with E-state index in [9.17, 15) is 21.6 Å². The third kappa shape index (κ3) is 4.94. The molecule has 0 spiro atoms. The van der Waals surface area contributed by atoms with Crippen LogP contribution in [0.25, 0.3) is 0 Å². The number of nitrogens with one attached hydrogen (secondary N) is 1. The average molecular weight is 488 g/mol. The minimum absolute atomic E-state index is 0.00437. The van der Waals surface area contributed by atoms with Gasteiger partial charge in [0, 0.05) is 12.3 Å². The van der Waals surface area contributed by atoms with Crippen molar-refractivity contribution in [2.24, 2.45) is 0 Å². The van der Waals surface area contributed by atoms with Crippen molar-refractivity contribution in [2.45, 2.75) is 53.4 Å². The largest absolute Gasteiger partial charge is 0.349 e. The SMILES string of the molecule is Cc1cccc(S(=O)(=O)C2(F)CCC(NC(=O)c3ccc(S(C)(=O)=O)cc3Cl)CC2)c1. The Hall–Kier alpha value is -1.97. The van der Waals surface area contributed by atoms with Gasteiger partial charge in [-0.3, -0.25) is 4.79 Å². The third-order valence-electron chi connectivity index (χ3n) is 5.46. The lowest BCUT2D eigenvalue weighted by molar-refractivity contribution is 0.0906. The van der Waals surface area contributed by atoms with Crippen molar-refractivity contribution in [3.8, 4) is 0 Å². The van der Waals surface area contributed by atoms with Crippen molar-refractivity contribution in [3.63, 3.8) is 0 Å². The number of hydrogen-bond donors (Lipinski definition) is 1. The highest BCUT2D eigenvalue weighted by Gasteiger charge is 2.47. The molecule has 1 amide bonds. The van der Waals surface area contributed by atoms with Gasteiger partial charge < -0.3 is 5.32 Å². The second-order valence-electron chi connectivity index (χ2n) is 7.86. The number of sulfone groups is 2. The van der Waals surface area contributed by atoms with Gasteiger partial charge in [-0.15, -0.1) is 0 Å². The quantitative estimate of drug-likeness (QED) is 0.690. The second kappa shape index (κ2) is 8.52. The molecular weight excluding hydrogens is 465 g/mol. The van der Waals surface area contributed by atoms with Gasteiger partial charge in [-0.1, -0.05) is 23.7 Å². The minimum Gasteiger partial charge on any atom is -0.349 e. The summed E-state index contributed by atoms with van der Waals surface area (Å²) in [5.41, 5.74) is 0.822. The van der Waals surface area contributed by atoms with Crippen LogP contribution < -0.4 is 5.32 Å². The summed E-state index contributed by atoms with van der Waals surface area (Å²) in [7, 11) is -7.63. The number of carbonyl (C=O) groups excluding carboxylic acids is 1. The Labute approximate surface area is 186 Å². The standard InChI is InChI=1S/C21H23ClFNO5S2/c1-14-4-3-5-17(12-14)31(28,29)21(23)10-8-15(9-11-21)24-20(25)18-7-6-16(13-19(18)22)30(2,26)27/h3-7,12-13,15H,8-11H2,1-2H3,(H,24,25). The molecule has 0 aromatic heterocycles. The van der Waals surface area contributed by atoms with Gasteiger partial charge in [0.15, 0.2) is 9.84 Å². The molecule has 1 aliphatic carbocycles. The number of benzene rings is 2. The molecule has 1 aliphatic rings. The molecule has 3 rings (SSSR count). The number of alkyl halides is 1. The van der Waals surface area contributed by atoms with Crippen molar-refractivity contribution in [2.75, 3.05) is 6.26 Å². The smallest absolute Gasteiger partial charge is 0.253 e. The summed E-state index contributed by atoms with van der Waals surface area (Å²) in [5.74, 6) is -0.525. The number of carbonyl (C=O) groups is 1. The van der Waals surface area contributed by atoms with Gasteiger partial charge in [-0.25, -0.2) is 21.2 Å². The Morgan fingerprint density at radius 3 is 2.26 bits per heavy atom. The van der Waals surface area contributed by atoms with E-state index in [2.05, 4.69) is 5.32 Å². The summed E-state index contributed by atoms with van der Waals surface area (Å²) in [5, 5.41) is 0.330. The van der Waals surface area contributed by atoms with Crippen molar-refractivity contribution < 1.29 is 26.0 Å². The monoisotopic (exact) mass is 487 g/mol. The van der Waals surface area contributed by atoms with Crippen LogP contribution >= 0.6 is 11.6 Å². The van der Waals surface area contributed by atoms with E-state index in [1.165, 1.54) is 30.3 Å². The van der Waals surface area contributed by atoms with E-state index in [1.807, 2.05) is 0 Å². The van der Waals surface area contributed by atoms with E-state index in [-0.39, 0.29) is 46.1 Å². The molecule has 0 atom stereocenters. The van der Waals surface area contributed by atoms with Crippen LogP contribution in [0.5, 0.6) is 0 Å².